The first-order chi connectivity index (χ1) is 10.8. The molecule has 0 aliphatic rings. The van der Waals surface area contributed by atoms with Gasteiger partial charge in [0.25, 0.3) is 10.0 Å². The highest BCUT2D eigenvalue weighted by Crippen LogP contribution is 2.43. The molecule has 0 aliphatic carbocycles. The summed E-state index contributed by atoms with van der Waals surface area (Å²) in [6.07, 6.45) is 0. The van der Waals surface area contributed by atoms with Crippen molar-refractivity contribution in [2.75, 3.05) is 4.72 Å². The third kappa shape index (κ3) is 3.45. The quantitative estimate of drug-likeness (QED) is 0.371. The highest BCUT2D eigenvalue weighted by atomic mass is 127. The SMILES string of the molecule is O=S(=O)(Nc1n[nH]c2ccccc12)c1ccccc1C(F)(I)I. The molecule has 2 aromatic carbocycles. The molecule has 0 saturated carbocycles. The van der Waals surface area contributed by atoms with Crippen LogP contribution in [0.1, 0.15) is 5.56 Å². The Labute approximate surface area is 159 Å². The molecular weight excluding hydrogens is 547 g/mol. The van der Waals surface area contributed by atoms with Crippen LogP contribution in [-0.4, -0.2) is 18.6 Å². The van der Waals surface area contributed by atoms with Gasteiger partial charge in [-0.05, 0) is 63.4 Å². The number of H-pyrrole nitrogens is 1. The van der Waals surface area contributed by atoms with Gasteiger partial charge in [-0.1, -0.05) is 30.3 Å². The first-order valence-corrected chi connectivity index (χ1v) is 10.1. The van der Waals surface area contributed by atoms with E-state index in [1.807, 2.05) is 6.07 Å². The molecule has 120 valence electrons. The van der Waals surface area contributed by atoms with Crippen molar-refractivity contribution in [2.24, 2.45) is 0 Å². The molecule has 0 radical (unpaired) electrons. The van der Waals surface area contributed by atoms with Gasteiger partial charge < -0.3 is 0 Å². The lowest BCUT2D eigenvalue weighted by Gasteiger charge is -2.16. The molecule has 1 heterocycles. The van der Waals surface area contributed by atoms with E-state index in [0.29, 0.717) is 10.9 Å². The number of fused-ring (bicyclic) bond motifs is 1. The Morgan fingerprint density at radius 2 is 1.74 bits per heavy atom. The van der Waals surface area contributed by atoms with Crippen molar-refractivity contribution in [3.05, 3.63) is 54.1 Å². The number of aromatic amines is 1. The number of rotatable bonds is 4. The van der Waals surface area contributed by atoms with Crippen molar-refractivity contribution in [3.8, 4) is 0 Å². The number of sulfonamides is 1. The predicted octanol–water partition coefficient (Wildman–Crippen LogP) is 4.31. The maximum Gasteiger partial charge on any atom is 0.263 e. The van der Waals surface area contributed by atoms with Gasteiger partial charge in [-0.2, -0.15) is 5.10 Å². The summed E-state index contributed by atoms with van der Waals surface area (Å²) in [5.74, 6) is 0.182. The van der Waals surface area contributed by atoms with Gasteiger partial charge in [0.2, 0.25) is 1.68 Å². The Kier molecular flexibility index (Phi) is 4.53. The van der Waals surface area contributed by atoms with Crippen molar-refractivity contribution < 1.29 is 12.8 Å². The van der Waals surface area contributed by atoms with E-state index in [-0.39, 0.29) is 16.3 Å². The van der Waals surface area contributed by atoms with E-state index in [2.05, 4.69) is 14.9 Å². The van der Waals surface area contributed by atoms with Gasteiger partial charge in [-0.15, -0.1) is 0 Å². The number of alkyl halides is 3. The molecule has 0 saturated heterocycles. The average Bonchev–Trinajstić information content (AvgIpc) is 2.89. The molecule has 23 heavy (non-hydrogen) atoms. The number of nitrogens with zero attached hydrogens (tertiary/aromatic N) is 1. The molecule has 5 nitrogen and oxygen atoms in total. The fourth-order valence-electron chi connectivity index (χ4n) is 2.16. The second-order valence-electron chi connectivity index (χ2n) is 4.72. The van der Waals surface area contributed by atoms with Crippen LogP contribution in [-0.2, 0) is 11.7 Å². The van der Waals surface area contributed by atoms with Crippen LogP contribution in [0, 0.1) is 0 Å². The zero-order chi connectivity index (χ0) is 16.7. The van der Waals surface area contributed by atoms with Crippen LogP contribution in [0.3, 0.4) is 0 Å². The minimum Gasteiger partial charge on any atom is -0.276 e. The maximum atomic E-state index is 14.3. The van der Waals surface area contributed by atoms with Gasteiger partial charge in [0, 0.05) is 10.9 Å². The zero-order valence-electron chi connectivity index (χ0n) is 11.4. The number of hydrogen-bond donors (Lipinski definition) is 2. The third-order valence-corrected chi connectivity index (χ3v) is 5.74. The van der Waals surface area contributed by atoms with Gasteiger partial charge in [0.1, 0.15) is 0 Å². The summed E-state index contributed by atoms with van der Waals surface area (Å²) in [4.78, 5) is -0.113. The summed E-state index contributed by atoms with van der Waals surface area (Å²) < 4.78 is 40.2. The number of hydrogen-bond acceptors (Lipinski definition) is 3. The number of para-hydroxylation sites is 1. The monoisotopic (exact) mass is 557 g/mol. The minimum absolute atomic E-state index is 0.0774. The van der Waals surface area contributed by atoms with Crippen LogP contribution in [0.25, 0.3) is 10.9 Å². The highest BCUT2D eigenvalue weighted by Gasteiger charge is 2.32. The van der Waals surface area contributed by atoms with E-state index in [1.165, 1.54) is 12.1 Å². The summed E-state index contributed by atoms with van der Waals surface area (Å²) in [6.45, 7) is 0. The number of aromatic nitrogens is 2. The number of nitrogens with one attached hydrogen (secondary N) is 2. The molecule has 0 atom stereocenters. The molecule has 2 N–H and O–H groups in total. The van der Waals surface area contributed by atoms with E-state index in [4.69, 9.17) is 0 Å². The van der Waals surface area contributed by atoms with E-state index in [0.717, 1.165) is 0 Å². The Balaban J connectivity index is 2.07. The molecule has 0 unspecified atom stereocenters. The first kappa shape index (κ1) is 16.9. The van der Waals surface area contributed by atoms with Crippen LogP contribution < -0.4 is 4.72 Å². The number of anilines is 1. The van der Waals surface area contributed by atoms with E-state index in [9.17, 15) is 12.8 Å². The fraction of sp³-hybridized carbons (Fsp3) is 0.0714. The Hall–Kier alpha value is -0.950. The normalized spacial score (nSPS) is 12.5. The van der Waals surface area contributed by atoms with Gasteiger partial charge in [-0.25, -0.2) is 12.8 Å². The summed E-state index contributed by atoms with van der Waals surface area (Å²) in [5.41, 5.74) is 0.787. The Morgan fingerprint density at radius 1 is 1.09 bits per heavy atom. The second kappa shape index (κ2) is 6.16. The second-order valence-corrected chi connectivity index (χ2v) is 11.4. The molecule has 0 fully saturated rings. The topological polar surface area (TPSA) is 74.8 Å². The molecule has 9 heteroatoms. The number of benzene rings is 2. The van der Waals surface area contributed by atoms with Crippen LogP contribution in [0.15, 0.2) is 53.4 Å². The molecule has 0 spiro atoms. The van der Waals surface area contributed by atoms with Crippen LogP contribution in [0.2, 0.25) is 0 Å². The van der Waals surface area contributed by atoms with Gasteiger partial charge in [-0.3, -0.25) is 9.82 Å². The summed E-state index contributed by atoms with van der Waals surface area (Å²) >= 11 is 3.12. The van der Waals surface area contributed by atoms with E-state index < -0.39 is 11.7 Å². The van der Waals surface area contributed by atoms with Crippen molar-refractivity contribution >= 4 is 71.9 Å². The van der Waals surface area contributed by atoms with Gasteiger partial charge in [0.15, 0.2) is 5.82 Å². The largest absolute Gasteiger partial charge is 0.276 e. The average molecular weight is 557 g/mol. The lowest BCUT2D eigenvalue weighted by molar-refractivity contribution is 0.462. The molecule has 1 aromatic heterocycles. The van der Waals surface area contributed by atoms with Gasteiger partial charge >= 0.3 is 0 Å². The van der Waals surface area contributed by atoms with Crippen LogP contribution in [0.5, 0.6) is 0 Å². The lowest BCUT2D eigenvalue weighted by atomic mass is 10.2. The smallest absolute Gasteiger partial charge is 0.263 e. The minimum atomic E-state index is -3.97. The van der Waals surface area contributed by atoms with Crippen molar-refractivity contribution in [2.45, 2.75) is 6.58 Å². The van der Waals surface area contributed by atoms with Crippen molar-refractivity contribution in [1.82, 2.24) is 10.2 Å². The van der Waals surface area contributed by atoms with Crippen LogP contribution >= 0.6 is 45.2 Å². The standard InChI is InChI=1S/C14H10FI2N3O2S/c15-14(16,17)10-6-2-4-8-12(10)23(21,22)20-13-9-5-1-3-7-11(9)18-19-13/h1-8H,(H2,18,19,20). The van der Waals surface area contributed by atoms with E-state index >= 15 is 0 Å². The summed E-state index contributed by atoms with van der Waals surface area (Å²) in [5, 5.41) is 7.38. The highest BCUT2D eigenvalue weighted by molar-refractivity contribution is 14.2. The lowest BCUT2D eigenvalue weighted by Crippen LogP contribution is -2.18. The molecular formula is C14H10FI2N3O2S. The van der Waals surface area contributed by atoms with E-state index in [1.54, 1.807) is 75.5 Å². The predicted molar refractivity (Wildman–Crippen MR) is 104 cm³/mol. The maximum absolute atomic E-state index is 14.3. The third-order valence-electron chi connectivity index (χ3n) is 3.18. The molecule has 0 aliphatic heterocycles. The fourth-order valence-corrected chi connectivity index (χ4v) is 4.74. The Morgan fingerprint density at radius 3 is 2.48 bits per heavy atom. The summed E-state index contributed by atoms with van der Waals surface area (Å²) in [7, 11) is -3.97. The molecule has 3 aromatic rings. The first-order valence-electron chi connectivity index (χ1n) is 6.41. The molecule has 0 amide bonds. The Bertz CT molecular complexity index is 967. The van der Waals surface area contributed by atoms with Crippen LogP contribution in [0.4, 0.5) is 10.2 Å². The summed E-state index contributed by atoms with van der Waals surface area (Å²) in [6, 6.07) is 13.1. The zero-order valence-corrected chi connectivity index (χ0v) is 16.6. The number of halogens is 3. The van der Waals surface area contributed by atoms with Gasteiger partial charge in [0.05, 0.1) is 10.4 Å². The molecule has 3 rings (SSSR count). The van der Waals surface area contributed by atoms with Crippen molar-refractivity contribution in [1.29, 1.82) is 0 Å². The van der Waals surface area contributed by atoms with Crippen molar-refractivity contribution in [3.63, 3.8) is 0 Å². The molecule has 0 bridgehead atoms.